The Labute approximate surface area is 133 Å². The van der Waals surface area contributed by atoms with Gasteiger partial charge in [0.15, 0.2) is 11.5 Å². The molecule has 3 nitrogen and oxygen atoms in total. The lowest BCUT2D eigenvalue weighted by molar-refractivity contribution is 0.281. The van der Waals surface area contributed by atoms with Crippen LogP contribution in [0.3, 0.4) is 0 Å². The molecule has 0 amide bonds. The van der Waals surface area contributed by atoms with Crippen LogP contribution in [0, 0.1) is 0 Å². The van der Waals surface area contributed by atoms with Gasteiger partial charge >= 0.3 is 0 Å². The van der Waals surface area contributed by atoms with E-state index in [0.29, 0.717) is 17.4 Å². The van der Waals surface area contributed by atoms with Crippen molar-refractivity contribution in [1.29, 1.82) is 0 Å². The minimum absolute atomic E-state index is 0.107. The lowest BCUT2D eigenvalue weighted by atomic mass is 10.0. The van der Waals surface area contributed by atoms with E-state index in [1.54, 1.807) is 13.2 Å². The van der Waals surface area contributed by atoms with E-state index >= 15 is 0 Å². The number of ether oxygens (including phenoxy) is 2. The first kappa shape index (κ1) is 18.1. The van der Waals surface area contributed by atoms with E-state index in [2.05, 4.69) is 13.8 Å². The van der Waals surface area contributed by atoms with Crippen LogP contribution in [-0.4, -0.2) is 19.8 Å². The Morgan fingerprint density at radius 1 is 1.19 bits per heavy atom. The van der Waals surface area contributed by atoms with E-state index in [-0.39, 0.29) is 6.04 Å². The topological polar surface area (TPSA) is 44.5 Å². The molecule has 0 radical (unpaired) electrons. The van der Waals surface area contributed by atoms with Gasteiger partial charge in [0.25, 0.3) is 0 Å². The fraction of sp³-hybridized carbons (Fsp3) is 0.647. The molecule has 0 aliphatic rings. The van der Waals surface area contributed by atoms with Gasteiger partial charge in [-0.25, -0.2) is 0 Å². The Balaban J connectivity index is 2.81. The molecule has 1 unspecified atom stereocenters. The maximum absolute atomic E-state index is 6.15. The number of unbranched alkanes of at least 4 members (excludes halogenated alkanes) is 3. The monoisotopic (exact) mass is 313 g/mol. The first-order valence-corrected chi connectivity index (χ1v) is 8.24. The van der Waals surface area contributed by atoms with Crippen molar-refractivity contribution in [1.82, 2.24) is 0 Å². The van der Waals surface area contributed by atoms with E-state index in [0.717, 1.165) is 30.6 Å². The van der Waals surface area contributed by atoms with Crippen molar-refractivity contribution in [2.24, 2.45) is 5.73 Å². The molecule has 1 rings (SSSR count). The summed E-state index contributed by atoms with van der Waals surface area (Å²) in [6.07, 6.45) is 6.38. The van der Waals surface area contributed by atoms with Crippen LogP contribution in [0.2, 0.25) is 5.02 Å². The molecule has 1 atom stereocenters. The van der Waals surface area contributed by atoms with Crippen LogP contribution in [0.25, 0.3) is 0 Å². The fourth-order valence-corrected chi connectivity index (χ4v) is 2.45. The van der Waals surface area contributed by atoms with Crippen LogP contribution in [0.15, 0.2) is 12.1 Å². The summed E-state index contributed by atoms with van der Waals surface area (Å²) in [6, 6.07) is 3.83. The second kappa shape index (κ2) is 9.91. The van der Waals surface area contributed by atoms with E-state index < -0.39 is 0 Å². The maximum atomic E-state index is 6.15. The molecule has 0 bridgehead atoms. The Kier molecular flexibility index (Phi) is 8.55. The summed E-state index contributed by atoms with van der Waals surface area (Å²) < 4.78 is 11.4. The van der Waals surface area contributed by atoms with Crippen LogP contribution >= 0.6 is 11.6 Å². The first-order valence-electron chi connectivity index (χ1n) is 7.87. The molecule has 0 aliphatic heterocycles. The largest absolute Gasteiger partial charge is 0.493 e. The van der Waals surface area contributed by atoms with E-state index in [1.165, 1.54) is 19.3 Å². The van der Waals surface area contributed by atoms with E-state index in [4.69, 9.17) is 26.8 Å². The number of benzene rings is 1. The van der Waals surface area contributed by atoms with Gasteiger partial charge in [-0.2, -0.15) is 0 Å². The first-order chi connectivity index (χ1) is 10.1. The average molecular weight is 314 g/mol. The summed E-state index contributed by atoms with van der Waals surface area (Å²) in [5.41, 5.74) is 7.10. The van der Waals surface area contributed by atoms with Crippen molar-refractivity contribution >= 4 is 11.6 Å². The van der Waals surface area contributed by atoms with Gasteiger partial charge in [-0.1, -0.05) is 44.7 Å². The highest BCUT2D eigenvalue weighted by atomic mass is 35.5. The Bertz CT molecular complexity index is 423. The van der Waals surface area contributed by atoms with Crippen molar-refractivity contribution in [3.8, 4) is 11.5 Å². The van der Waals surface area contributed by atoms with Crippen LogP contribution in [0.1, 0.15) is 51.5 Å². The number of hydrogen-bond acceptors (Lipinski definition) is 3. The minimum Gasteiger partial charge on any atom is -0.493 e. The lowest BCUT2D eigenvalue weighted by Crippen LogP contribution is -2.22. The third-order valence-corrected chi connectivity index (χ3v) is 3.79. The standard InChI is InChI=1S/C17H28ClNO2/c1-4-6-7-8-9-21-17-13(11-15(19)5-2)10-14(18)12-16(17)20-3/h10,12,15H,4-9,11,19H2,1-3H3. The Morgan fingerprint density at radius 3 is 2.57 bits per heavy atom. The molecule has 0 aromatic heterocycles. The van der Waals surface area contributed by atoms with Gasteiger partial charge in [-0.05, 0) is 25.3 Å². The maximum Gasteiger partial charge on any atom is 0.164 e. The van der Waals surface area contributed by atoms with Crippen LogP contribution in [0.5, 0.6) is 11.5 Å². The van der Waals surface area contributed by atoms with Crippen molar-refractivity contribution < 1.29 is 9.47 Å². The second-order valence-corrected chi connectivity index (χ2v) is 5.81. The van der Waals surface area contributed by atoms with Gasteiger partial charge in [0, 0.05) is 22.7 Å². The van der Waals surface area contributed by atoms with Gasteiger partial charge in [0.1, 0.15) is 0 Å². The van der Waals surface area contributed by atoms with Gasteiger partial charge in [-0.15, -0.1) is 0 Å². The zero-order valence-electron chi connectivity index (χ0n) is 13.5. The molecule has 4 heteroatoms. The molecule has 2 N–H and O–H groups in total. The smallest absolute Gasteiger partial charge is 0.164 e. The molecule has 21 heavy (non-hydrogen) atoms. The second-order valence-electron chi connectivity index (χ2n) is 5.38. The highest BCUT2D eigenvalue weighted by Crippen LogP contribution is 2.35. The molecular formula is C17H28ClNO2. The Morgan fingerprint density at radius 2 is 1.95 bits per heavy atom. The van der Waals surface area contributed by atoms with Crippen molar-refractivity contribution in [2.45, 2.75) is 58.4 Å². The number of methoxy groups -OCH3 is 1. The van der Waals surface area contributed by atoms with Gasteiger partial charge in [0.2, 0.25) is 0 Å². The van der Waals surface area contributed by atoms with Crippen LogP contribution in [0.4, 0.5) is 0 Å². The van der Waals surface area contributed by atoms with E-state index in [1.807, 2.05) is 6.07 Å². The van der Waals surface area contributed by atoms with E-state index in [9.17, 15) is 0 Å². The quantitative estimate of drug-likeness (QED) is 0.643. The number of nitrogens with two attached hydrogens (primary N) is 1. The minimum atomic E-state index is 0.107. The molecule has 0 spiro atoms. The molecular weight excluding hydrogens is 286 g/mol. The third kappa shape index (κ3) is 6.15. The molecule has 0 heterocycles. The van der Waals surface area contributed by atoms with Gasteiger partial charge < -0.3 is 15.2 Å². The fourth-order valence-electron chi connectivity index (χ4n) is 2.22. The molecule has 0 fully saturated rings. The predicted molar refractivity (Wildman–Crippen MR) is 89.6 cm³/mol. The highest BCUT2D eigenvalue weighted by Gasteiger charge is 2.15. The predicted octanol–water partition coefficient (Wildman–Crippen LogP) is 4.59. The zero-order valence-corrected chi connectivity index (χ0v) is 14.2. The SMILES string of the molecule is CCCCCCOc1c(CC(N)CC)cc(Cl)cc1OC. The van der Waals surface area contributed by atoms with Crippen LogP contribution in [-0.2, 0) is 6.42 Å². The van der Waals surface area contributed by atoms with Gasteiger partial charge in [-0.3, -0.25) is 0 Å². The van der Waals surface area contributed by atoms with Gasteiger partial charge in [0.05, 0.1) is 13.7 Å². The number of rotatable bonds is 10. The average Bonchev–Trinajstić information content (AvgIpc) is 2.48. The zero-order chi connectivity index (χ0) is 15.7. The number of halogens is 1. The number of hydrogen-bond donors (Lipinski definition) is 1. The van der Waals surface area contributed by atoms with Crippen LogP contribution < -0.4 is 15.2 Å². The lowest BCUT2D eigenvalue weighted by Gasteiger charge is -2.18. The molecule has 0 aliphatic carbocycles. The molecule has 0 saturated heterocycles. The summed E-state index contributed by atoms with van der Waals surface area (Å²) in [4.78, 5) is 0. The summed E-state index contributed by atoms with van der Waals surface area (Å²) in [5, 5.41) is 0.656. The normalized spacial score (nSPS) is 12.2. The Hall–Kier alpha value is -0.930. The molecule has 1 aromatic rings. The molecule has 0 saturated carbocycles. The third-order valence-electron chi connectivity index (χ3n) is 3.57. The summed E-state index contributed by atoms with van der Waals surface area (Å²) in [5.74, 6) is 1.48. The summed E-state index contributed by atoms with van der Waals surface area (Å²) >= 11 is 6.15. The van der Waals surface area contributed by atoms with Crippen molar-refractivity contribution in [2.75, 3.05) is 13.7 Å². The highest BCUT2D eigenvalue weighted by molar-refractivity contribution is 6.30. The molecule has 120 valence electrons. The molecule has 1 aromatic carbocycles. The summed E-state index contributed by atoms with van der Waals surface area (Å²) in [7, 11) is 1.64. The van der Waals surface area contributed by atoms with Crippen molar-refractivity contribution in [3.63, 3.8) is 0 Å². The van der Waals surface area contributed by atoms with Crippen molar-refractivity contribution in [3.05, 3.63) is 22.7 Å². The summed E-state index contributed by atoms with van der Waals surface area (Å²) in [6.45, 7) is 4.98.